The normalized spacial score (nSPS) is 15.4. The van der Waals surface area contributed by atoms with Crippen LogP contribution in [0.1, 0.15) is 5.82 Å². The molecule has 1 fully saturated rings. The van der Waals surface area contributed by atoms with Crippen LogP contribution in [0, 0.1) is 6.92 Å². The molecule has 2 rings (SSSR count). The van der Waals surface area contributed by atoms with Crippen molar-refractivity contribution in [2.75, 3.05) is 12.2 Å². The molecule has 2 heterocycles. The van der Waals surface area contributed by atoms with Gasteiger partial charge < -0.3 is 9.47 Å². The monoisotopic (exact) mass is 225 g/mol. The number of aromatic amines is 1. The summed E-state index contributed by atoms with van der Waals surface area (Å²) in [7, 11) is 0. The summed E-state index contributed by atoms with van der Waals surface area (Å²) in [5.41, 5.74) is 1.85. The van der Waals surface area contributed by atoms with Crippen LogP contribution < -0.4 is 5.43 Å². The van der Waals surface area contributed by atoms with E-state index < -0.39 is 24.4 Å². The van der Waals surface area contributed by atoms with Crippen molar-refractivity contribution in [1.29, 1.82) is 0 Å². The van der Waals surface area contributed by atoms with Gasteiger partial charge in [0.1, 0.15) is 5.82 Å². The van der Waals surface area contributed by atoms with E-state index >= 15 is 0 Å². The number of anilines is 1. The number of carbonyl (C=O) groups excluding carboxylic acids is 2. The Balaban J connectivity index is 2.11. The molecule has 0 amide bonds. The molecule has 1 aromatic heterocycles. The summed E-state index contributed by atoms with van der Waals surface area (Å²) >= 11 is 0. The van der Waals surface area contributed by atoms with Gasteiger partial charge in [0.15, 0.2) is 0 Å². The van der Waals surface area contributed by atoms with Gasteiger partial charge in [-0.15, -0.1) is 5.10 Å². The van der Waals surface area contributed by atoms with Crippen molar-refractivity contribution < 1.29 is 19.1 Å². The van der Waals surface area contributed by atoms with Crippen LogP contribution in [0.25, 0.3) is 0 Å². The van der Waals surface area contributed by atoms with Crippen LogP contribution in [-0.2, 0) is 19.1 Å². The quantitative estimate of drug-likeness (QED) is 0.486. The van der Waals surface area contributed by atoms with Crippen molar-refractivity contribution in [3.05, 3.63) is 5.82 Å². The Bertz CT molecular complexity index is 447. The van der Waals surface area contributed by atoms with Crippen molar-refractivity contribution in [3.63, 3.8) is 0 Å². The maximum absolute atomic E-state index is 11.1. The Kier molecular flexibility index (Phi) is 2.50. The average Bonchev–Trinajstić information content (AvgIpc) is 2.63. The predicted octanol–water partition coefficient (Wildman–Crippen LogP) is -1.06. The molecular formula is C7H7N5O4. The van der Waals surface area contributed by atoms with Crippen molar-refractivity contribution >= 4 is 23.6 Å². The molecule has 0 radical (unpaired) electrons. The third-order valence-electron chi connectivity index (χ3n) is 1.63. The van der Waals surface area contributed by atoms with Crippen molar-refractivity contribution in [1.82, 2.24) is 15.2 Å². The Morgan fingerprint density at radius 3 is 2.62 bits per heavy atom. The largest absolute Gasteiger partial charge is 0.423 e. The molecule has 0 unspecified atom stereocenters. The first-order valence-electron chi connectivity index (χ1n) is 4.24. The highest BCUT2D eigenvalue weighted by molar-refractivity contribution is 6.63. The van der Waals surface area contributed by atoms with Gasteiger partial charge in [-0.25, -0.2) is 15.0 Å². The van der Waals surface area contributed by atoms with E-state index in [0.717, 1.165) is 0 Å². The van der Waals surface area contributed by atoms with Gasteiger partial charge in [-0.05, 0) is 6.92 Å². The van der Waals surface area contributed by atoms with Crippen molar-refractivity contribution in [2.24, 2.45) is 5.10 Å². The van der Waals surface area contributed by atoms with Gasteiger partial charge in [0.25, 0.3) is 11.7 Å². The molecule has 84 valence electrons. The van der Waals surface area contributed by atoms with Crippen LogP contribution >= 0.6 is 0 Å². The van der Waals surface area contributed by atoms with E-state index in [1.807, 2.05) is 0 Å². The van der Waals surface area contributed by atoms with Crippen molar-refractivity contribution in [2.45, 2.75) is 6.92 Å². The standard InChI is InChI=1S/C7H7N5O4/c1-3-8-7(11-9-3)12-10-4-5(13)15-2-16-6(4)14/h2H2,1H3,(H2,8,9,11,12). The Morgan fingerprint density at radius 1 is 1.38 bits per heavy atom. The molecule has 0 aliphatic carbocycles. The predicted molar refractivity (Wildman–Crippen MR) is 49.2 cm³/mol. The maximum Gasteiger partial charge on any atom is 0.369 e. The van der Waals surface area contributed by atoms with Gasteiger partial charge in [0, 0.05) is 0 Å². The van der Waals surface area contributed by atoms with Crippen LogP contribution in [0.4, 0.5) is 5.95 Å². The van der Waals surface area contributed by atoms with Gasteiger partial charge in [-0.2, -0.15) is 10.1 Å². The number of carbonyl (C=O) groups is 2. The number of nitrogens with one attached hydrogen (secondary N) is 2. The van der Waals surface area contributed by atoms with Crippen LogP contribution in [0.2, 0.25) is 0 Å². The number of ether oxygens (including phenoxy) is 2. The number of cyclic esters (lactones) is 2. The lowest BCUT2D eigenvalue weighted by atomic mass is 10.4. The lowest BCUT2D eigenvalue weighted by Crippen LogP contribution is -2.35. The third kappa shape index (κ3) is 1.97. The molecule has 0 atom stereocenters. The summed E-state index contributed by atoms with van der Waals surface area (Å²) in [6.45, 7) is 1.30. The van der Waals surface area contributed by atoms with E-state index in [-0.39, 0.29) is 5.95 Å². The first kappa shape index (κ1) is 10.1. The molecule has 9 nitrogen and oxygen atoms in total. The minimum absolute atomic E-state index is 0.135. The Labute approximate surface area is 88.8 Å². The second-order valence-electron chi connectivity index (χ2n) is 2.80. The molecule has 1 aliphatic rings. The van der Waals surface area contributed by atoms with Gasteiger partial charge in [-0.3, -0.25) is 5.10 Å². The van der Waals surface area contributed by atoms with Gasteiger partial charge in [0.05, 0.1) is 0 Å². The third-order valence-corrected chi connectivity index (χ3v) is 1.63. The first-order chi connectivity index (χ1) is 7.66. The fraction of sp³-hybridized carbons (Fsp3) is 0.286. The number of aromatic nitrogens is 3. The molecular weight excluding hydrogens is 218 g/mol. The van der Waals surface area contributed by atoms with E-state index in [9.17, 15) is 9.59 Å². The number of hydrazone groups is 1. The second kappa shape index (κ2) is 3.96. The van der Waals surface area contributed by atoms with E-state index in [2.05, 4.69) is 35.2 Å². The summed E-state index contributed by atoms with van der Waals surface area (Å²) in [6, 6.07) is 0. The van der Waals surface area contributed by atoms with Crippen LogP contribution in [-0.4, -0.2) is 39.6 Å². The molecule has 0 bridgehead atoms. The number of nitrogens with zero attached hydrogens (tertiary/aromatic N) is 3. The number of esters is 2. The Hall–Kier alpha value is -2.45. The molecule has 9 heteroatoms. The van der Waals surface area contributed by atoms with E-state index in [1.165, 1.54) is 0 Å². The molecule has 0 spiro atoms. The van der Waals surface area contributed by atoms with Crippen LogP contribution in [0.3, 0.4) is 0 Å². The smallest absolute Gasteiger partial charge is 0.369 e. The zero-order valence-corrected chi connectivity index (χ0v) is 8.18. The van der Waals surface area contributed by atoms with Gasteiger partial charge >= 0.3 is 11.9 Å². The van der Waals surface area contributed by atoms with E-state index in [0.29, 0.717) is 5.82 Å². The fourth-order valence-corrected chi connectivity index (χ4v) is 0.946. The van der Waals surface area contributed by atoms with Gasteiger partial charge in [0.2, 0.25) is 6.79 Å². The number of H-pyrrole nitrogens is 1. The lowest BCUT2D eigenvalue weighted by molar-refractivity contribution is -0.165. The molecule has 0 saturated carbocycles. The summed E-state index contributed by atoms with van der Waals surface area (Å²) in [4.78, 5) is 26.0. The summed E-state index contributed by atoms with van der Waals surface area (Å²) in [5.74, 6) is -1.00. The maximum atomic E-state index is 11.1. The zero-order valence-electron chi connectivity index (χ0n) is 8.18. The fourth-order valence-electron chi connectivity index (χ4n) is 0.946. The number of rotatable bonds is 2. The summed E-state index contributed by atoms with van der Waals surface area (Å²) < 4.78 is 8.91. The van der Waals surface area contributed by atoms with Gasteiger partial charge in [-0.1, -0.05) is 0 Å². The number of hydrogen-bond donors (Lipinski definition) is 2. The molecule has 0 aromatic carbocycles. The highest BCUT2D eigenvalue weighted by Gasteiger charge is 2.29. The molecule has 1 aromatic rings. The zero-order chi connectivity index (χ0) is 11.5. The first-order valence-corrected chi connectivity index (χ1v) is 4.24. The molecule has 2 N–H and O–H groups in total. The molecule has 1 aliphatic heterocycles. The lowest BCUT2D eigenvalue weighted by Gasteiger charge is -2.11. The van der Waals surface area contributed by atoms with E-state index in [4.69, 9.17) is 0 Å². The minimum atomic E-state index is -0.851. The topological polar surface area (TPSA) is 119 Å². The van der Waals surface area contributed by atoms with E-state index in [1.54, 1.807) is 6.92 Å². The van der Waals surface area contributed by atoms with Crippen molar-refractivity contribution in [3.8, 4) is 0 Å². The van der Waals surface area contributed by atoms with Crippen LogP contribution in [0.5, 0.6) is 0 Å². The minimum Gasteiger partial charge on any atom is -0.423 e. The molecule has 1 saturated heterocycles. The number of hydrogen-bond acceptors (Lipinski definition) is 8. The summed E-state index contributed by atoms with van der Waals surface area (Å²) in [6.07, 6.45) is 0. The number of aryl methyl sites for hydroxylation is 1. The highest BCUT2D eigenvalue weighted by Crippen LogP contribution is 2.01. The summed E-state index contributed by atoms with van der Waals surface area (Å²) in [5, 5.41) is 9.75. The Morgan fingerprint density at radius 2 is 2.06 bits per heavy atom. The average molecular weight is 225 g/mol. The van der Waals surface area contributed by atoms with Crippen LogP contribution in [0.15, 0.2) is 5.10 Å². The molecule has 16 heavy (non-hydrogen) atoms. The SMILES string of the molecule is Cc1nc(NN=C2C(=O)OCOC2=O)n[nH]1. The second-order valence-corrected chi connectivity index (χ2v) is 2.80. The highest BCUT2D eigenvalue weighted by atomic mass is 16.7.